The van der Waals surface area contributed by atoms with Gasteiger partial charge in [0.15, 0.2) is 0 Å². The van der Waals surface area contributed by atoms with Gasteiger partial charge in [-0.2, -0.15) is 0 Å². The fourth-order valence-electron chi connectivity index (χ4n) is 5.27. The van der Waals surface area contributed by atoms with Gasteiger partial charge in [-0.1, -0.05) is 46.9 Å². The number of nitrogens with one attached hydrogen (secondary N) is 1. The van der Waals surface area contributed by atoms with Crippen molar-refractivity contribution in [2.75, 3.05) is 13.7 Å². The van der Waals surface area contributed by atoms with E-state index < -0.39 is 11.6 Å². The van der Waals surface area contributed by atoms with E-state index in [0.29, 0.717) is 56.1 Å². The van der Waals surface area contributed by atoms with Gasteiger partial charge in [0, 0.05) is 17.0 Å². The Kier molecular flexibility index (Phi) is 8.26. The Morgan fingerprint density at radius 2 is 1.68 bits per heavy atom. The average molecular weight is 617 g/mol. The van der Waals surface area contributed by atoms with E-state index in [-0.39, 0.29) is 35.5 Å². The van der Waals surface area contributed by atoms with Gasteiger partial charge in [0.2, 0.25) is 0 Å². The zero-order valence-electron chi connectivity index (χ0n) is 22.1. The summed E-state index contributed by atoms with van der Waals surface area (Å²) in [5.74, 6) is -0.118. The van der Waals surface area contributed by atoms with Gasteiger partial charge in [-0.25, -0.2) is 4.79 Å². The molecule has 41 heavy (non-hydrogen) atoms. The van der Waals surface area contributed by atoms with Crippen molar-refractivity contribution < 1.29 is 29.6 Å². The Bertz CT molecular complexity index is 1540. The van der Waals surface area contributed by atoms with E-state index in [1.54, 1.807) is 48.5 Å². The third-order valence-corrected chi connectivity index (χ3v) is 8.64. The summed E-state index contributed by atoms with van der Waals surface area (Å²) < 4.78 is 11.4. The molecule has 0 amide bonds. The molecular weight excluding hydrogens is 589 g/mol. The lowest BCUT2D eigenvalue weighted by molar-refractivity contribution is -0.0553. The molecule has 2 aliphatic carbocycles. The van der Waals surface area contributed by atoms with Crippen LogP contribution in [0.2, 0.25) is 15.1 Å². The van der Waals surface area contributed by atoms with Gasteiger partial charge in [0.05, 0.1) is 44.6 Å². The van der Waals surface area contributed by atoms with Crippen LogP contribution in [0.5, 0.6) is 11.5 Å². The molecule has 10 heteroatoms. The Hall–Kier alpha value is -3.23. The maximum Gasteiger partial charge on any atom is 0.335 e. The van der Waals surface area contributed by atoms with Crippen molar-refractivity contribution in [1.29, 1.82) is 5.41 Å². The Morgan fingerprint density at radius 1 is 1.00 bits per heavy atom. The van der Waals surface area contributed by atoms with E-state index in [4.69, 9.17) is 49.7 Å². The number of aliphatic hydroxyl groups excluding tert-OH is 1. The minimum absolute atomic E-state index is 0.00932. The van der Waals surface area contributed by atoms with Crippen molar-refractivity contribution in [3.63, 3.8) is 0 Å². The van der Waals surface area contributed by atoms with E-state index in [1.165, 1.54) is 13.2 Å². The molecule has 3 aromatic carbocycles. The van der Waals surface area contributed by atoms with Gasteiger partial charge in [0.25, 0.3) is 0 Å². The molecule has 0 aliphatic heterocycles. The summed E-state index contributed by atoms with van der Waals surface area (Å²) in [4.78, 5) is 11.5. The van der Waals surface area contributed by atoms with Crippen LogP contribution in [0.1, 0.15) is 58.6 Å². The molecule has 7 nitrogen and oxygen atoms in total. The summed E-state index contributed by atoms with van der Waals surface area (Å²) in [6, 6.07) is 14.6. The second-order valence-electron chi connectivity index (χ2n) is 10.4. The molecule has 5 rings (SSSR count). The molecule has 2 saturated carbocycles. The van der Waals surface area contributed by atoms with E-state index in [1.807, 2.05) is 0 Å². The minimum Gasteiger partial charge on any atom is -0.512 e. The SMILES string of the molecule is COc1ccc(C(=O)O)cc1C1CC(O)(c2ccc(OC/C(C(=N)c3c(Cl)cccc3Cl)=C(/O)C3CC3)cc2Cl)C1. The zero-order chi connectivity index (χ0) is 29.5. The van der Waals surface area contributed by atoms with E-state index in [9.17, 15) is 20.1 Å². The number of aliphatic hydroxyl groups is 2. The molecule has 3 aromatic rings. The molecule has 214 valence electrons. The second kappa shape index (κ2) is 11.6. The first kappa shape index (κ1) is 29.3. The number of benzene rings is 3. The van der Waals surface area contributed by atoms with Crippen molar-refractivity contribution in [1.82, 2.24) is 0 Å². The maximum atomic E-state index is 11.5. The van der Waals surface area contributed by atoms with Crippen molar-refractivity contribution in [2.24, 2.45) is 5.92 Å². The normalized spacial score (nSPS) is 20.6. The molecule has 2 fully saturated rings. The molecular formula is C31H28Cl3NO6. The molecule has 0 unspecified atom stereocenters. The molecule has 2 aliphatic rings. The number of aromatic carboxylic acids is 1. The largest absolute Gasteiger partial charge is 0.512 e. The van der Waals surface area contributed by atoms with Crippen molar-refractivity contribution in [3.8, 4) is 11.5 Å². The highest BCUT2D eigenvalue weighted by atomic mass is 35.5. The molecule has 0 radical (unpaired) electrons. The lowest BCUT2D eigenvalue weighted by Gasteiger charge is -2.45. The predicted molar refractivity (Wildman–Crippen MR) is 158 cm³/mol. The van der Waals surface area contributed by atoms with Gasteiger partial charge < -0.3 is 24.8 Å². The number of rotatable bonds is 10. The summed E-state index contributed by atoms with van der Waals surface area (Å²) in [6.07, 6.45) is 2.32. The number of ether oxygens (including phenoxy) is 2. The average Bonchev–Trinajstić information content (AvgIpc) is 3.76. The first-order chi connectivity index (χ1) is 19.5. The van der Waals surface area contributed by atoms with Crippen LogP contribution >= 0.6 is 34.8 Å². The smallest absolute Gasteiger partial charge is 0.335 e. The number of allylic oxidation sites excluding steroid dienone is 1. The molecule has 4 N–H and O–H groups in total. The van der Waals surface area contributed by atoms with Crippen LogP contribution in [0.3, 0.4) is 0 Å². The number of methoxy groups -OCH3 is 1. The van der Waals surface area contributed by atoms with Crippen LogP contribution < -0.4 is 9.47 Å². The molecule has 0 aromatic heterocycles. The van der Waals surface area contributed by atoms with Gasteiger partial charge in [-0.05, 0) is 79.6 Å². The third kappa shape index (κ3) is 5.90. The lowest BCUT2D eigenvalue weighted by atomic mass is 9.64. The quantitative estimate of drug-likeness (QED) is 0.136. The van der Waals surface area contributed by atoms with E-state index in [2.05, 4.69) is 0 Å². The first-order valence-corrected chi connectivity index (χ1v) is 14.2. The molecule has 0 heterocycles. The predicted octanol–water partition coefficient (Wildman–Crippen LogP) is 7.79. The molecule has 0 saturated heterocycles. The van der Waals surface area contributed by atoms with Crippen LogP contribution in [0, 0.1) is 11.3 Å². The van der Waals surface area contributed by atoms with Crippen LogP contribution in [0.15, 0.2) is 65.9 Å². The topological polar surface area (TPSA) is 120 Å². The fraction of sp³-hybridized carbons (Fsp3) is 0.290. The van der Waals surface area contributed by atoms with Crippen molar-refractivity contribution >= 4 is 46.5 Å². The monoisotopic (exact) mass is 615 g/mol. The summed E-state index contributed by atoms with van der Waals surface area (Å²) in [5.41, 5.74) is 0.810. The minimum atomic E-state index is -1.21. The standard InChI is InChI=1S/C31H28Cl3NO6/c1-40-26-10-7-17(30(37)38)11-20(26)18-13-31(39,14-18)22-9-8-19(12-25(22)34)41-15-21(29(36)16-5-6-16)28(35)27-23(32)3-2-4-24(27)33/h2-4,7-12,16,18,35-36,39H,5-6,13-15H2,1H3,(H,37,38)/b29-21-,35-28?. The number of halogens is 3. The Labute approximate surface area is 252 Å². The van der Waals surface area contributed by atoms with Gasteiger partial charge in [-0.3, -0.25) is 5.41 Å². The highest BCUT2D eigenvalue weighted by Gasteiger charge is 2.46. The van der Waals surface area contributed by atoms with Gasteiger partial charge in [0.1, 0.15) is 23.9 Å². The summed E-state index contributed by atoms with van der Waals surface area (Å²) in [7, 11) is 1.52. The van der Waals surface area contributed by atoms with E-state index in [0.717, 1.165) is 18.4 Å². The fourth-order valence-corrected chi connectivity index (χ4v) is 6.20. The number of hydrogen-bond acceptors (Lipinski definition) is 6. The summed E-state index contributed by atoms with van der Waals surface area (Å²) in [6.45, 7) is -0.107. The van der Waals surface area contributed by atoms with Crippen LogP contribution in [-0.2, 0) is 5.60 Å². The molecule has 0 atom stereocenters. The maximum absolute atomic E-state index is 11.5. The van der Waals surface area contributed by atoms with Crippen LogP contribution in [0.25, 0.3) is 0 Å². The highest BCUT2D eigenvalue weighted by Crippen LogP contribution is 2.54. The molecule has 0 bridgehead atoms. The zero-order valence-corrected chi connectivity index (χ0v) is 24.4. The van der Waals surface area contributed by atoms with Crippen LogP contribution in [0.4, 0.5) is 0 Å². The van der Waals surface area contributed by atoms with E-state index >= 15 is 0 Å². The lowest BCUT2D eigenvalue weighted by Crippen LogP contribution is -2.40. The third-order valence-electron chi connectivity index (χ3n) is 7.70. The summed E-state index contributed by atoms with van der Waals surface area (Å²) >= 11 is 19.3. The highest BCUT2D eigenvalue weighted by molar-refractivity contribution is 6.41. The number of carboxylic acids is 1. The van der Waals surface area contributed by atoms with Gasteiger partial charge in [-0.15, -0.1) is 0 Å². The van der Waals surface area contributed by atoms with Crippen molar-refractivity contribution in [2.45, 2.75) is 37.2 Å². The van der Waals surface area contributed by atoms with Crippen LogP contribution in [-0.4, -0.2) is 40.7 Å². The van der Waals surface area contributed by atoms with Gasteiger partial charge >= 0.3 is 5.97 Å². The molecule has 0 spiro atoms. The number of carboxylic acid groups (broad SMARTS) is 1. The van der Waals surface area contributed by atoms with Crippen molar-refractivity contribution in [3.05, 3.63) is 103 Å². The number of hydrogen-bond donors (Lipinski definition) is 4. The Balaban J connectivity index is 1.32. The number of carbonyl (C=O) groups is 1. The second-order valence-corrected chi connectivity index (χ2v) is 11.7. The Morgan fingerprint density at radius 3 is 2.27 bits per heavy atom. The first-order valence-electron chi connectivity index (χ1n) is 13.0. The summed E-state index contributed by atoms with van der Waals surface area (Å²) in [5, 5.41) is 41.3.